The van der Waals surface area contributed by atoms with Gasteiger partial charge in [0.2, 0.25) is 6.29 Å². The van der Waals surface area contributed by atoms with Crippen LogP contribution in [-0.4, -0.2) is 35.5 Å². The summed E-state index contributed by atoms with van der Waals surface area (Å²) in [6, 6.07) is 0. The highest BCUT2D eigenvalue weighted by molar-refractivity contribution is 5.76. The van der Waals surface area contributed by atoms with Crippen molar-refractivity contribution in [2.24, 2.45) is 16.8 Å². The topological polar surface area (TPSA) is 51.1 Å². The molecule has 0 bridgehead atoms. The summed E-state index contributed by atoms with van der Waals surface area (Å²) >= 11 is 0. The average Bonchev–Trinajstić information content (AvgIpc) is 2.84. The molecule has 16 heavy (non-hydrogen) atoms. The zero-order valence-electron chi connectivity index (χ0n) is 9.85. The third-order valence-corrected chi connectivity index (χ3v) is 4.17. The van der Waals surface area contributed by atoms with Crippen molar-refractivity contribution in [2.45, 2.75) is 51.0 Å². The highest BCUT2D eigenvalue weighted by Gasteiger charge is 2.67. The number of ether oxygens (including phenoxy) is 2. The summed E-state index contributed by atoms with van der Waals surface area (Å²) in [5.41, 5.74) is -0.0757. The minimum atomic E-state index is -0.195. The lowest BCUT2D eigenvalue weighted by molar-refractivity contribution is -0.133. The Morgan fingerprint density at radius 2 is 2.38 bits per heavy atom. The molecule has 5 unspecified atom stereocenters. The fraction of sp³-hybridized carbons (Fsp3) is 0.917. The molecule has 0 radical (unpaired) electrons. The zero-order chi connectivity index (χ0) is 11.3. The minimum Gasteiger partial charge on any atom is -0.450 e. The smallest absolute Gasteiger partial charge is 0.227 e. The number of aliphatic imine (C=N–C) groups is 1. The Labute approximate surface area is 95.7 Å². The van der Waals surface area contributed by atoms with Gasteiger partial charge in [0.15, 0.2) is 5.90 Å². The van der Waals surface area contributed by atoms with E-state index in [-0.39, 0.29) is 24.5 Å². The van der Waals surface area contributed by atoms with Gasteiger partial charge in [0.1, 0.15) is 5.54 Å². The van der Waals surface area contributed by atoms with Crippen LogP contribution in [0.1, 0.15) is 33.1 Å². The maximum Gasteiger partial charge on any atom is 0.227 e. The fourth-order valence-electron chi connectivity index (χ4n) is 3.30. The molecule has 0 aromatic carbocycles. The highest BCUT2D eigenvalue weighted by atomic mass is 16.7. The van der Waals surface area contributed by atoms with E-state index in [0.717, 1.165) is 18.7 Å². The van der Waals surface area contributed by atoms with Crippen LogP contribution in [0.15, 0.2) is 4.99 Å². The van der Waals surface area contributed by atoms with E-state index in [2.05, 4.69) is 11.9 Å². The molecule has 0 aromatic heterocycles. The van der Waals surface area contributed by atoms with Crippen molar-refractivity contribution < 1.29 is 14.6 Å². The van der Waals surface area contributed by atoms with Crippen LogP contribution in [0.25, 0.3) is 0 Å². The molecule has 1 saturated heterocycles. The molecule has 3 aliphatic rings. The molecule has 0 amide bonds. The summed E-state index contributed by atoms with van der Waals surface area (Å²) < 4.78 is 11.6. The van der Waals surface area contributed by atoms with Gasteiger partial charge in [-0.3, -0.25) is 0 Å². The fourth-order valence-corrected chi connectivity index (χ4v) is 3.30. The second kappa shape index (κ2) is 3.44. The Balaban J connectivity index is 1.81. The number of rotatable bonds is 2. The van der Waals surface area contributed by atoms with Crippen LogP contribution >= 0.6 is 0 Å². The first-order chi connectivity index (χ1) is 7.65. The van der Waals surface area contributed by atoms with Crippen molar-refractivity contribution in [1.29, 1.82) is 0 Å². The van der Waals surface area contributed by atoms with E-state index in [1.54, 1.807) is 0 Å². The van der Waals surface area contributed by atoms with Gasteiger partial charge in [0, 0.05) is 13.5 Å². The van der Waals surface area contributed by atoms with Crippen molar-refractivity contribution >= 4 is 5.90 Å². The summed E-state index contributed by atoms with van der Waals surface area (Å²) in [4.78, 5) is 4.63. The molecule has 2 heterocycles. The molecule has 4 nitrogen and oxygen atoms in total. The van der Waals surface area contributed by atoms with Crippen molar-refractivity contribution in [2.75, 3.05) is 6.61 Å². The molecule has 5 atom stereocenters. The molecule has 1 aliphatic carbocycles. The lowest BCUT2D eigenvalue weighted by Crippen LogP contribution is -2.31. The van der Waals surface area contributed by atoms with Gasteiger partial charge in [-0.2, -0.15) is 0 Å². The number of hydrogen-bond acceptors (Lipinski definition) is 4. The van der Waals surface area contributed by atoms with Crippen LogP contribution in [0.4, 0.5) is 0 Å². The number of nitrogens with zero attached hydrogens (tertiary/aromatic N) is 1. The Kier molecular flexibility index (Phi) is 2.27. The van der Waals surface area contributed by atoms with Crippen molar-refractivity contribution in [3.8, 4) is 0 Å². The molecule has 4 heteroatoms. The second-order valence-electron chi connectivity index (χ2n) is 5.37. The van der Waals surface area contributed by atoms with Gasteiger partial charge in [0.05, 0.1) is 6.10 Å². The van der Waals surface area contributed by atoms with Gasteiger partial charge in [-0.1, -0.05) is 6.92 Å². The van der Waals surface area contributed by atoms with Gasteiger partial charge in [-0.05, 0) is 31.1 Å². The summed E-state index contributed by atoms with van der Waals surface area (Å²) in [5, 5.41) is 9.02. The predicted octanol–water partition coefficient (Wildman–Crippen LogP) is 1.33. The zero-order valence-corrected chi connectivity index (χ0v) is 9.85. The van der Waals surface area contributed by atoms with Crippen molar-refractivity contribution in [1.82, 2.24) is 0 Å². The van der Waals surface area contributed by atoms with E-state index in [4.69, 9.17) is 14.6 Å². The van der Waals surface area contributed by atoms with Gasteiger partial charge in [-0.15, -0.1) is 0 Å². The first kappa shape index (κ1) is 10.5. The standard InChI is InChI=1S/C12H19NO3/c1-7-5-9(3-4-14)16-11-12(6-10(7)12)13-8(2)15-11/h7,9-11,14H,3-6H2,1-2H3. The maximum absolute atomic E-state index is 9.02. The van der Waals surface area contributed by atoms with Crippen LogP contribution in [0.5, 0.6) is 0 Å². The van der Waals surface area contributed by atoms with E-state index in [1.165, 1.54) is 0 Å². The molecule has 1 spiro atoms. The molecular formula is C12H19NO3. The van der Waals surface area contributed by atoms with Crippen LogP contribution in [0.2, 0.25) is 0 Å². The SMILES string of the molecule is CC1=NC23CC2C(C)CC(CCO)OC3O1. The second-order valence-corrected chi connectivity index (χ2v) is 5.37. The van der Waals surface area contributed by atoms with E-state index in [0.29, 0.717) is 18.3 Å². The van der Waals surface area contributed by atoms with Crippen molar-refractivity contribution in [3.63, 3.8) is 0 Å². The number of aliphatic hydroxyl groups is 1. The summed E-state index contributed by atoms with van der Waals surface area (Å²) in [5.74, 6) is 1.97. The molecular weight excluding hydrogens is 206 g/mol. The minimum absolute atomic E-state index is 0.0757. The Morgan fingerprint density at radius 3 is 3.12 bits per heavy atom. The Morgan fingerprint density at radius 1 is 1.56 bits per heavy atom. The Bertz CT molecular complexity index is 330. The lowest BCUT2D eigenvalue weighted by Gasteiger charge is -2.22. The quantitative estimate of drug-likeness (QED) is 0.771. The van der Waals surface area contributed by atoms with Gasteiger partial charge < -0.3 is 14.6 Å². The van der Waals surface area contributed by atoms with Crippen LogP contribution in [-0.2, 0) is 9.47 Å². The van der Waals surface area contributed by atoms with E-state index < -0.39 is 0 Å². The first-order valence-corrected chi connectivity index (χ1v) is 6.15. The van der Waals surface area contributed by atoms with Crippen LogP contribution < -0.4 is 0 Å². The monoisotopic (exact) mass is 225 g/mol. The van der Waals surface area contributed by atoms with Crippen molar-refractivity contribution in [3.05, 3.63) is 0 Å². The van der Waals surface area contributed by atoms with Crippen LogP contribution in [0.3, 0.4) is 0 Å². The molecule has 2 fully saturated rings. The normalized spacial score (nSPS) is 49.8. The molecule has 0 aromatic rings. The molecule has 3 rings (SSSR count). The highest BCUT2D eigenvalue weighted by Crippen LogP contribution is 2.60. The summed E-state index contributed by atoms with van der Waals surface area (Å²) in [7, 11) is 0. The van der Waals surface area contributed by atoms with E-state index >= 15 is 0 Å². The molecule has 90 valence electrons. The third-order valence-electron chi connectivity index (χ3n) is 4.17. The van der Waals surface area contributed by atoms with E-state index in [9.17, 15) is 0 Å². The van der Waals surface area contributed by atoms with Gasteiger partial charge in [-0.25, -0.2) is 4.99 Å². The number of aliphatic hydroxyl groups excluding tert-OH is 1. The largest absolute Gasteiger partial charge is 0.450 e. The molecule has 2 aliphatic heterocycles. The summed E-state index contributed by atoms with van der Waals surface area (Å²) in [6.45, 7) is 4.34. The van der Waals surface area contributed by atoms with Crippen LogP contribution in [0, 0.1) is 11.8 Å². The maximum atomic E-state index is 9.02. The molecule has 1 N–H and O–H groups in total. The van der Waals surface area contributed by atoms with Gasteiger partial charge in [0.25, 0.3) is 0 Å². The first-order valence-electron chi connectivity index (χ1n) is 6.15. The third kappa shape index (κ3) is 1.39. The average molecular weight is 225 g/mol. The lowest BCUT2D eigenvalue weighted by atomic mass is 9.96. The molecule has 1 saturated carbocycles. The van der Waals surface area contributed by atoms with Gasteiger partial charge >= 0.3 is 0 Å². The summed E-state index contributed by atoms with van der Waals surface area (Å²) in [6.07, 6.45) is 2.74. The number of hydrogen-bond donors (Lipinski definition) is 1. The Hall–Kier alpha value is -0.610. The van der Waals surface area contributed by atoms with E-state index in [1.807, 2.05) is 6.92 Å². The predicted molar refractivity (Wildman–Crippen MR) is 59.2 cm³/mol.